The summed E-state index contributed by atoms with van der Waals surface area (Å²) in [6.45, 7) is 9.69. The Morgan fingerprint density at radius 3 is 2.73 bits per heavy atom. The Hall–Kier alpha value is -2.49. The highest BCUT2D eigenvalue weighted by molar-refractivity contribution is 5.82. The predicted molar refractivity (Wildman–Crippen MR) is 122 cm³/mol. The van der Waals surface area contributed by atoms with Gasteiger partial charge in [-0.25, -0.2) is 0 Å². The number of benzene rings is 2. The van der Waals surface area contributed by atoms with E-state index in [4.69, 9.17) is 0 Å². The summed E-state index contributed by atoms with van der Waals surface area (Å²) in [5.41, 5.74) is 3.45. The molecular formula is C27H31N2O+. The van der Waals surface area contributed by atoms with Gasteiger partial charge >= 0.3 is 0 Å². The quantitative estimate of drug-likeness (QED) is 0.468. The molecule has 0 spiro atoms. The Morgan fingerprint density at radius 2 is 1.93 bits per heavy atom. The maximum atomic E-state index is 11.8. The minimum Gasteiger partial charge on any atom is -0.382 e. The largest absolute Gasteiger partial charge is 0.382 e. The number of aliphatic hydroxyl groups is 1. The molecule has 5 atom stereocenters. The molecule has 2 bridgehead atoms. The molecular weight excluding hydrogens is 368 g/mol. The fourth-order valence-corrected chi connectivity index (χ4v) is 6.26. The highest BCUT2D eigenvalue weighted by atomic mass is 16.3. The van der Waals surface area contributed by atoms with Crippen molar-refractivity contribution in [3.8, 4) is 0 Å². The number of aromatic nitrogens is 1. The van der Waals surface area contributed by atoms with Crippen molar-refractivity contribution in [2.45, 2.75) is 38.5 Å². The van der Waals surface area contributed by atoms with E-state index in [1.54, 1.807) is 0 Å². The normalized spacial score (nSPS) is 31.5. The standard InChI is InChI=1S/C27H31N2O/c1-3-27(2)19-29(18-20-9-5-4-6-10-20)16-14-21(27)17-25(29)26(30)23-13-15-28-24-12-8-7-11-22(23)24/h3-13,15,21,25-26,30H,1,14,16-19H2,2H3/q+1/t21?,25?,26-,27?,29?/m1/s1. The molecule has 2 aromatic carbocycles. The Balaban J connectivity index is 1.58. The lowest BCUT2D eigenvalue weighted by molar-refractivity contribution is -0.988. The molecule has 6 rings (SSSR count). The van der Waals surface area contributed by atoms with Gasteiger partial charge < -0.3 is 9.59 Å². The van der Waals surface area contributed by atoms with Crippen molar-refractivity contribution in [3.05, 3.63) is 90.6 Å². The Kier molecular flexibility index (Phi) is 4.76. The van der Waals surface area contributed by atoms with Gasteiger partial charge in [0.2, 0.25) is 0 Å². The average molecular weight is 400 g/mol. The lowest BCUT2D eigenvalue weighted by Gasteiger charge is -2.61. The van der Waals surface area contributed by atoms with Gasteiger partial charge in [0.25, 0.3) is 0 Å². The highest BCUT2D eigenvalue weighted by Crippen LogP contribution is 2.53. The van der Waals surface area contributed by atoms with Gasteiger partial charge in [-0.05, 0) is 23.6 Å². The molecule has 4 unspecified atom stereocenters. The van der Waals surface area contributed by atoms with E-state index in [9.17, 15) is 5.11 Å². The molecule has 3 fully saturated rings. The van der Waals surface area contributed by atoms with Gasteiger partial charge in [-0.1, -0.05) is 61.5 Å². The lowest BCUT2D eigenvalue weighted by atomic mass is 9.63. The molecule has 154 valence electrons. The molecule has 3 heteroatoms. The number of hydrogen-bond donors (Lipinski definition) is 1. The van der Waals surface area contributed by atoms with Gasteiger partial charge in [-0.2, -0.15) is 0 Å². The second kappa shape index (κ2) is 7.33. The van der Waals surface area contributed by atoms with Gasteiger partial charge in [0.15, 0.2) is 0 Å². The lowest BCUT2D eigenvalue weighted by Crippen LogP contribution is -2.70. The number of hydrogen-bond acceptors (Lipinski definition) is 2. The SMILES string of the molecule is C=CC1(C)C[N+]2(Cc3ccccc3)CCC1CC2[C@H](O)c1ccnc2ccccc12. The number of rotatable bonds is 5. The van der Waals surface area contributed by atoms with E-state index in [-0.39, 0.29) is 11.5 Å². The van der Waals surface area contributed by atoms with Crippen LogP contribution in [0.2, 0.25) is 0 Å². The van der Waals surface area contributed by atoms with Crippen molar-refractivity contribution < 1.29 is 9.59 Å². The number of para-hydroxylation sites is 1. The smallest absolute Gasteiger partial charge is 0.131 e. The molecule has 0 radical (unpaired) electrons. The van der Waals surface area contributed by atoms with Crippen molar-refractivity contribution in [3.63, 3.8) is 0 Å². The topological polar surface area (TPSA) is 33.1 Å². The summed E-state index contributed by atoms with van der Waals surface area (Å²) in [6, 6.07) is 21.1. The summed E-state index contributed by atoms with van der Waals surface area (Å²) in [4.78, 5) is 4.51. The molecule has 1 N–H and O–H groups in total. The fraction of sp³-hybridized carbons (Fsp3) is 0.370. The molecule has 1 aromatic heterocycles. The van der Waals surface area contributed by atoms with Crippen LogP contribution in [-0.4, -0.2) is 33.7 Å². The molecule has 0 saturated carbocycles. The average Bonchev–Trinajstić information content (AvgIpc) is 2.79. The zero-order chi connectivity index (χ0) is 20.8. The van der Waals surface area contributed by atoms with Crippen LogP contribution in [-0.2, 0) is 6.54 Å². The summed E-state index contributed by atoms with van der Waals surface area (Å²) < 4.78 is 0.931. The van der Waals surface area contributed by atoms with Crippen LogP contribution in [0.5, 0.6) is 0 Å². The van der Waals surface area contributed by atoms with Crippen molar-refractivity contribution in [2.75, 3.05) is 13.1 Å². The second-order valence-electron chi connectivity index (χ2n) is 9.60. The van der Waals surface area contributed by atoms with E-state index >= 15 is 0 Å². The van der Waals surface area contributed by atoms with E-state index in [0.29, 0.717) is 5.92 Å². The molecule has 0 aliphatic carbocycles. The van der Waals surface area contributed by atoms with E-state index in [1.165, 1.54) is 12.0 Å². The zero-order valence-electron chi connectivity index (χ0n) is 17.7. The number of piperidine rings is 3. The first-order valence-corrected chi connectivity index (χ1v) is 11.1. The van der Waals surface area contributed by atoms with Crippen LogP contribution in [0.15, 0.2) is 79.5 Å². The maximum Gasteiger partial charge on any atom is 0.131 e. The zero-order valence-corrected chi connectivity index (χ0v) is 17.7. The highest BCUT2D eigenvalue weighted by Gasteiger charge is 2.58. The summed E-state index contributed by atoms with van der Waals surface area (Å²) in [5, 5.41) is 12.9. The van der Waals surface area contributed by atoms with Crippen LogP contribution in [0.1, 0.15) is 37.0 Å². The first kappa shape index (κ1) is 19.5. The minimum atomic E-state index is -0.501. The number of quaternary nitrogens is 1. The van der Waals surface area contributed by atoms with E-state index in [2.05, 4.69) is 61.0 Å². The van der Waals surface area contributed by atoms with Crippen LogP contribution in [0.3, 0.4) is 0 Å². The van der Waals surface area contributed by atoms with Crippen LogP contribution >= 0.6 is 0 Å². The minimum absolute atomic E-state index is 0.129. The van der Waals surface area contributed by atoms with Crippen molar-refractivity contribution in [1.82, 2.24) is 4.98 Å². The van der Waals surface area contributed by atoms with E-state index < -0.39 is 6.10 Å². The third kappa shape index (κ3) is 3.08. The third-order valence-corrected chi connectivity index (χ3v) is 7.91. The number of pyridine rings is 1. The molecule has 3 aliphatic heterocycles. The van der Waals surface area contributed by atoms with Crippen molar-refractivity contribution in [1.29, 1.82) is 0 Å². The summed E-state index contributed by atoms with van der Waals surface area (Å²) in [7, 11) is 0. The molecule has 3 saturated heterocycles. The van der Waals surface area contributed by atoms with Gasteiger partial charge in [0.05, 0.1) is 18.6 Å². The van der Waals surface area contributed by atoms with Crippen LogP contribution in [0, 0.1) is 11.3 Å². The first-order valence-electron chi connectivity index (χ1n) is 11.1. The summed E-state index contributed by atoms with van der Waals surface area (Å²) in [5.74, 6) is 0.582. The molecule has 3 aromatic rings. The third-order valence-electron chi connectivity index (χ3n) is 7.91. The van der Waals surface area contributed by atoms with Gasteiger partial charge in [0.1, 0.15) is 18.7 Å². The second-order valence-corrected chi connectivity index (χ2v) is 9.60. The summed E-state index contributed by atoms with van der Waals surface area (Å²) in [6.07, 6.45) is 5.76. The Morgan fingerprint density at radius 1 is 1.17 bits per heavy atom. The molecule has 3 nitrogen and oxygen atoms in total. The Bertz CT molecular complexity index is 1060. The van der Waals surface area contributed by atoms with E-state index in [0.717, 1.165) is 47.0 Å². The Labute approximate surface area is 179 Å². The molecule has 30 heavy (non-hydrogen) atoms. The van der Waals surface area contributed by atoms with Gasteiger partial charge in [-0.3, -0.25) is 4.98 Å². The van der Waals surface area contributed by atoms with Crippen molar-refractivity contribution in [2.24, 2.45) is 11.3 Å². The number of fused-ring (bicyclic) bond motifs is 4. The number of nitrogens with zero attached hydrogens (tertiary/aromatic N) is 2. The fourth-order valence-electron chi connectivity index (χ4n) is 6.26. The molecule has 4 heterocycles. The van der Waals surface area contributed by atoms with Crippen LogP contribution < -0.4 is 0 Å². The van der Waals surface area contributed by atoms with Crippen LogP contribution in [0.25, 0.3) is 10.9 Å². The van der Waals surface area contributed by atoms with Crippen molar-refractivity contribution >= 4 is 10.9 Å². The monoisotopic (exact) mass is 399 g/mol. The first-order chi connectivity index (χ1) is 14.5. The summed E-state index contributed by atoms with van der Waals surface area (Å²) >= 11 is 0. The molecule has 0 amide bonds. The van der Waals surface area contributed by atoms with E-state index in [1.807, 2.05) is 30.5 Å². The number of aliphatic hydroxyl groups excluding tert-OH is 1. The van der Waals surface area contributed by atoms with Gasteiger partial charge in [0, 0.05) is 35.4 Å². The molecule has 3 aliphatic rings. The maximum absolute atomic E-state index is 11.8. The predicted octanol–water partition coefficient (Wildman–Crippen LogP) is 5.27. The van der Waals surface area contributed by atoms with Crippen LogP contribution in [0.4, 0.5) is 0 Å². The van der Waals surface area contributed by atoms with Gasteiger partial charge in [-0.15, -0.1) is 6.58 Å².